The molecule has 0 bridgehead atoms. The van der Waals surface area contributed by atoms with Gasteiger partial charge in [0.2, 0.25) is 0 Å². The average Bonchev–Trinajstić information content (AvgIpc) is 2.15. The average molecular weight is 219 g/mol. The normalized spacial score (nSPS) is 13.6. The second-order valence-corrected chi connectivity index (χ2v) is 3.02. The maximum atomic E-state index is 12.5. The molecule has 0 aliphatic rings. The maximum Gasteiger partial charge on any atom is 0.416 e. The van der Waals surface area contributed by atoms with Crippen molar-refractivity contribution in [3.8, 4) is 0 Å². The smallest absolute Gasteiger partial charge is 0.416 e. The zero-order valence-corrected chi connectivity index (χ0v) is 7.75. The SMILES string of the molecule is CC(C(=O)O)c1cnccc1C(F)(F)F. The molecule has 1 atom stereocenters. The number of hydrogen-bond donors (Lipinski definition) is 1. The standard InChI is InChI=1S/C9H8F3NO2/c1-5(8(14)15)6-4-13-3-2-7(6)9(10,11)12/h2-5H,1H3,(H,14,15). The molecule has 0 amide bonds. The first kappa shape index (κ1) is 11.5. The van der Waals surface area contributed by atoms with Gasteiger partial charge in [0.1, 0.15) is 0 Å². The molecule has 1 aromatic rings. The predicted molar refractivity (Wildman–Crippen MR) is 45.3 cm³/mol. The molecule has 82 valence electrons. The molecule has 15 heavy (non-hydrogen) atoms. The third kappa shape index (κ3) is 2.45. The first-order valence-corrected chi connectivity index (χ1v) is 4.08. The number of rotatable bonds is 2. The van der Waals surface area contributed by atoms with E-state index < -0.39 is 23.6 Å². The number of nitrogens with zero attached hydrogens (tertiary/aromatic N) is 1. The number of carboxylic acid groups (broad SMARTS) is 1. The summed E-state index contributed by atoms with van der Waals surface area (Å²) in [6.07, 6.45) is -2.63. The lowest BCUT2D eigenvalue weighted by Crippen LogP contribution is -2.15. The van der Waals surface area contributed by atoms with Crippen LogP contribution in [0, 0.1) is 0 Å². The number of carboxylic acids is 1. The van der Waals surface area contributed by atoms with E-state index in [2.05, 4.69) is 4.98 Å². The summed E-state index contributed by atoms with van der Waals surface area (Å²) in [6.45, 7) is 1.19. The lowest BCUT2D eigenvalue weighted by molar-refractivity contribution is -0.141. The van der Waals surface area contributed by atoms with Gasteiger partial charge in [0.25, 0.3) is 0 Å². The molecule has 0 radical (unpaired) electrons. The Morgan fingerprint density at radius 2 is 2.13 bits per heavy atom. The van der Waals surface area contributed by atoms with E-state index in [1.807, 2.05) is 0 Å². The lowest BCUT2D eigenvalue weighted by Gasteiger charge is -2.14. The molecule has 0 spiro atoms. The van der Waals surface area contributed by atoms with E-state index in [-0.39, 0.29) is 5.56 Å². The van der Waals surface area contributed by atoms with Crippen molar-refractivity contribution in [1.29, 1.82) is 0 Å². The predicted octanol–water partition coefficient (Wildman–Crippen LogP) is 2.29. The van der Waals surface area contributed by atoms with Crippen LogP contribution in [0.4, 0.5) is 13.2 Å². The van der Waals surface area contributed by atoms with Crippen LogP contribution in [0.2, 0.25) is 0 Å². The first-order chi connectivity index (χ1) is 6.84. The largest absolute Gasteiger partial charge is 0.481 e. The van der Waals surface area contributed by atoms with E-state index in [4.69, 9.17) is 5.11 Å². The Morgan fingerprint density at radius 3 is 2.60 bits per heavy atom. The van der Waals surface area contributed by atoms with Crippen LogP contribution in [0.5, 0.6) is 0 Å². The highest BCUT2D eigenvalue weighted by Crippen LogP contribution is 2.34. The van der Waals surface area contributed by atoms with Gasteiger partial charge < -0.3 is 5.11 Å². The number of aliphatic carboxylic acids is 1. The molecular weight excluding hydrogens is 211 g/mol. The summed E-state index contributed by atoms with van der Waals surface area (Å²) in [5.74, 6) is -2.54. The van der Waals surface area contributed by atoms with Gasteiger partial charge in [-0.25, -0.2) is 0 Å². The lowest BCUT2D eigenvalue weighted by atomic mass is 9.98. The summed E-state index contributed by atoms with van der Waals surface area (Å²) in [6, 6.07) is 0.773. The fraction of sp³-hybridized carbons (Fsp3) is 0.333. The molecule has 3 nitrogen and oxygen atoms in total. The number of halogens is 3. The Bertz CT molecular complexity index is 376. The van der Waals surface area contributed by atoms with Gasteiger partial charge in [-0.15, -0.1) is 0 Å². The van der Waals surface area contributed by atoms with Gasteiger partial charge in [0, 0.05) is 12.4 Å². The number of aromatic nitrogens is 1. The van der Waals surface area contributed by atoms with Crippen LogP contribution in [0.25, 0.3) is 0 Å². The Morgan fingerprint density at radius 1 is 1.53 bits per heavy atom. The number of pyridine rings is 1. The van der Waals surface area contributed by atoms with E-state index in [1.54, 1.807) is 0 Å². The monoisotopic (exact) mass is 219 g/mol. The summed E-state index contributed by atoms with van der Waals surface area (Å²) in [5, 5.41) is 8.63. The highest BCUT2D eigenvalue weighted by Gasteiger charge is 2.35. The molecule has 0 aliphatic heterocycles. The van der Waals surface area contributed by atoms with Crippen molar-refractivity contribution < 1.29 is 23.1 Å². The molecular formula is C9H8F3NO2. The van der Waals surface area contributed by atoms with Crippen molar-refractivity contribution in [2.24, 2.45) is 0 Å². The topological polar surface area (TPSA) is 50.2 Å². The van der Waals surface area contributed by atoms with Gasteiger partial charge in [0.15, 0.2) is 0 Å². The van der Waals surface area contributed by atoms with Crippen LogP contribution in [-0.4, -0.2) is 16.1 Å². The van der Waals surface area contributed by atoms with Gasteiger partial charge >= 0.3 is 12.1 Å². The Labute approximate surface area is 83.6 Å². The van der Waals surface area contributed by atoms with E-state index in [9.17, 15) is 18.0 Å². The van der Waals surface area contributed by atoms with Gasteiger partial charge in [0.05, 0.1) is 11.5 Å². The third-order valence-corrected chi connectivity index (χ3v) is 1.99. The van der Waals surface area contributed by atoms with Crippen molar-refractivity contribution in [3.05, 3.63) is 29.6 Å². The molecule has 1 rings (SSSR count). The molecule has 1 aromatic heterocycles. The van der Waals surface area contributed by atoms with Crippen molar-refractivity contribution in [2.45, 2.75) is 19.0 Å². The molecule has 0 aromatic carbocycles. The molecule has 0 aliphatic carbocycles. The molecule has 6 heteroatoms. The quantitative estimate of drug-likeness (QED) is 0.830. The van der Waals surface area contributed by atoms with Crippen LogP contribution in [-0.2, 0) is 11.0 Å². The van der Waals surface area contributed by atoms with Crippen LogP contribution >= 0.6 is 0 Å². The second kappa shape index (κ2) is 3.88. The minimum atomic E-state index is -4.55. The fourth-order valence-electron chi connectivity index (χ4n) is 1.14. The van der Waals surface area contributed by atoms with Crippen LogP contribution < -0.4 is 0 Å². The second-order valence-electron chi connectivity index (χ2n) is 3.02. The molecule has 0 saturated heterocycles. The Balaban J connectivity index is 3.24. The van der Waals surface area contributed by atoms with Gasteiger partial charge in [-0.1, -0.05) is 0 Å². The van der Waals surface area contributed by atoms with Crippen molar-refractivity contribution >= 4 is 5.97 Å². The number of alkyl halides is 3. The fourth-order valence-corrected chi connectivity index (χ4v) is 1.14. The molecule has 1 unspecified atom stereocenters. The van der Waals surface area contributed by atoms with Gasteiger partial charge in [-0.05, 0) is 18.6 Å². The molecule has 0 fully saturated rings. The number of hydrogen-bond acceptors (Lipinski definition) is 2. The summed E-state index contributed by atoms with van der Waals surface area (Å²) in [5.41, 5.74) is -1.27. The van der Waals surface area contributed by atoms with Crippen LogP contribution in [0.1, 0.15) is 24.0 Å². The maximum absolute atomic E-state index is 12.5. The minimum Gasteiger partial charge on any atom is -0.481 e. The van der Waals surface area contributed by atoms with Crippen LogP contribution in [0.3, 0.4) is 0 Å². The van der Waals surface area contributed by atoms with Crippen molar-refractivity contribution in [2.75, 3.05) is 0 Å². The number of carbonyl (C=O) groups is 1. The molecule has 0 saturated carbocycles. The van der Waals surface area contributed by atoms with Gasteiger partial charge in [-0.3, -0.25) is 9.78 Å². The minimum absolute atomic E-state index is 0.322. The Kier molecular flexibility index (Phi) is 2.97. The first-order valence-electron chi connectivity index (χ1n) is 4.08. The zero-order valence-electron chi connectivity index (χ0n) is 7.75. The summed E-state index contributed by atoms with van der Waals surface area (Å²) >= 11 is 0. The van der Waals surface area contributed by atoms with Crippen LogP contribution in [0.15, 0.2) is 18.5 Å². The van der Waals surface area contributed by atoms with E-state index in [1.165, 1.54) is 6.92 Å². The van der Waals surface area contributed by atoms with Crippen molar-refractivity contribution in [1.82, 2.24) is 4.98 Å². The van der Waals surface area contributed by atoms with Crippen molar-refractivity contribution in [3.63, 3.8) is 0 Å². The highest BCUT2D eigenvalue weighted by molar-refractivity contribution is 5.76. The third-order valence-electron chi connectivity index (χ3n) is 1.99. The highest BCUT2D eigenvalue weighted by atomic mass is 19.4. The zero-order chi connectivity index (χ0) is 11.6. The molecule has 1 N–H and O–H groups in total. The van der Waals surface area contributed by atoms with E-state index >= 15 is 0 Å². The van der Waals surface area contributed by atoms with E-state index in [0.29, 0.717) is 0 Å². The van der Waals surface area contributed by atoms with Gasteiger partial charge in [-0.2, -0.15) is 13.2 Å². The Hall–Kier alpha value is -1.59. The van der Waals surface area contributed by atoms with E-state index in [0.717, 1.165) is 18.5 Å². The molecule has 1 heterocycles. The summed E-state index contributed by atoms with van der Waals surface area (Å²) in [4.78, 5) is 14.1. The summed E-state index contributed by atoms with van der Waals surface area (Å²) < 4.78 is 37.4. The summed E-state index contributed by atoms with van der Waals surface area (Å²) in [7, 11) is 0.